The minimum atomic E-state index is -0.255. The first-order valence-electron chi connectivity index (χ1n) is 7.12. The Morgan fingerprint density at radius 3 is 2.62 bits per heavy atom. The van der Waals surface area contributed by atoms with Crippen LogP contribution >= 0.6 is 38.6 Å². The number of halogens is 1. The van der Waals surface area contributed by atoms with Gasteiger partial charge in [-0.25, -0.2) is 4.98 Å². The highest BCUT2D eigenvalue weighted by Gasteiger charge is 2.14. The second kappa shape index (κ2) is 7.00. The fourth-order valence-corrected chi connectivity index (χ4v) is 4.07. The summed E-state index contributed by atoms with van der Waals surface area (Å²) in [6.45, 7) is 3.78. The van der Waals surface area contributed by atoms with Crippen molar-refractivity contribution in [1.82, 2.24) is 9.55 Å². The molecule has 0 spiro atoms. The van der Waals surface area contributed by atoms with Gasteiger partial charge in [0, 0.05) is 26.0 Å². The summed E-state index contributed by atoms with van der Waals surface area (Å²) in [4.78, 5) is 29.3. The van der Waals surface area contributed by atoms with Gasteiger partial charge >= 0.3 is 4.87 Å². The Labute approximate surface area is 155 Å². The predicted octanol–water partition coefficient (Wildman–Crippen LogP) is 4.05. The molecule has 0 saturated heterocycles. The van der Waals surface area contributed by atoms with E-state index in [0.717, 1.165) is 37.6 Å². The molecule has 5 nitrogen and oxygen atoms in total. The van der Waals surface area contributed by atoms with Gasteiger partial charge in [-0.05, 0) is 26.0 Å². The lowest BCUT2D eigenvalue weighted by Crippen LogP contribution is -2.25. The van der Waals surface area contributed by atoms with Gasteiger partial charge < -0.3 is 5.32 Å². The number of nitrogens with one attached hydrogen (secondary N) is 1. The number of rotatable bonds is 4. The summed E-state index contributed by atoms with van der Waals surface area (Å²) in [5, 5.41) is 5.06. The lowest BCUT2D eigenvalue weighted by atomic mass is 10.1. The maximum atomic E-state index is 12.2. The molecule has 2 aromatic heterocycles. The number of carbonyl (C=O) groups is 1. The van der Waals surface area contributed by atoms with Crippen molar-refractivity contribution in [2.24, 2.45) is 0 Å². The highest BCUT2D eigenvalue weighted by molar-refractivity contribution is 9.10. The molecule has 3 aromatic rings. The van der Waals surface area contributed by atoms with Crippen molar-refractivity contribution in [2.45, 2.75) is 20.4 Å². The van der Waals surface area contributed by atoms with E-state index in [4.69, 9.17) is 0 Å². The molecule has 2 heterocycles. The van der Waals surface area contributed by atoms with Crippen molar-refractivity contribution in [1.29, 1.82) is 0 Å². The molecule has 0 radical (unpaired) electrons. The summed E-state index contributed by atoms with van der Waals surface area (Å²) in [6.07, 6.45) is 0. The molecule has 124 valence electrons. The number of thiazole rings is 2. The Morgan fingerprint density at radius 1 is 1.29 bits per heavy atom. The van der Waals surface area contributed by atoms with Gasteiger partial charge in [0.25, 0.3) is 0 Å². The molecule has 0 fully saturated rings. The molecule has 1 amide bonds. The molecule has 1 aromatic carbocycles. The van der Waals surface area contributed by atoms with Gasteiger partial charge in [0.15, 0.2) is 5.13 Å². The summed E-state index contributed by atoms with van der Waals surface area (Å²) in [7, 11) is 0. The van der Waals surface area contributed by atoms with Crippen molar-refractivity contribution in [3.63, 3.8) is 0 Å². The Hall–Kier alpha value is -1.77. The van der Waals surface area contributed by atoms with Crippen LogP contribution in [0.3, 0.4) is 0 Å². The Bertz CT molecular complexity index is 941. The van der Waals surface area contributed by atoms with Gasteiger partial charge in [-0.2, -0.15) is 0 Å². The lowest BCUT2D eigenvalue weighted by Gasteiger charge is -2.04. The van der Waals surface area contributed by atoms with E-state index in [1.807, 2.05) is 38.1 Å². The maximum absolute atomic E-state index is 12.2. The standard InChI is InChI=1S/C16H14BrN3O2S2/c1-9-8-23-16(22)20(9)7-13(21)18-15-19-14(10(2)24-15)11-3-5-12(17)6-4-11/h3-6,8H,7H2,1-2H3,(H,18,19,21). The van der Waals surface area contributed by atoms with Crippen LogP contribution in [0.15, 0.2) is 38.9 Å². The van der Waals surface area contributed by atoms with Crippen LogP contribution in [0.25, 0.3) is 11.3 Å². The Balaban J connectivity index is 1.76. The van der Waals surface area contributed by atoms with Gasteiger partial charge in [-0.1, -0.05) is 39.4 Å². The van der Waals surface area contributed by atoms with Crippen molar-refractivity contribution in [3.05, 3.63) is 54.4 Å². The van der Waals surface area contributed by atoms with Crippen molar-refractivity contribution in [3.8, 4) is 11.3 Å². The van der Waals surface area contributed by atoms with E-state index >= 15 is 0 Å². The second-order valence-electron chi connectivity index (χ2n) is 5.21. The minimum absolute atomic E-state index is 0.000408. The van der Waals surface area contributed by atoms with E-state index in [2.05, 4.69) is 26.2 Å². The zero-order valence-electron chi connectivity index (χ0n) is 13.0. The fourth-order valence-electron chi connectivity index (χ4n) is 2.22. The van der Waals surface area contributed by atoms with Gasteiger partial charge in [0.2, 0.25) is 5.91 Å². The molecule has 0 saturated carbocycles. The van der Waals surface area contributed by atoms with E-state index in [0.29, 0.717) is 5.13 Å². The van der Waals surface area contributed by atoms with E-state index in [-0.39, 0.29) is 17.3 Å². The highest BCUT2D eigenvalue weighted by Crippen LogP contribution is 2.31. The maximum Gasteiger partial charge on any atom is 0.307 e. The fraction of sp³-hybridized carbons (Fsp3) is 0.188. The van der Waals surface area contributed by atoms with Crippen molar-refractivity contribution < 1.29 is 4.79 Å². The number of aryl methyl sites for hydroxylation is 2. The first kappa shape index (κ1) is 17.1. The molecule has 8 heteroatoms. The Morgan fingerprint density at radius 2 is 2.00 bits per heavy atom. The van der Waals surface area contributed by atoms with Crippen LogP contribution in [0.2, 0.25) is 0 Å². The third-order valence-electron chi connectivity index (χ3n) is 3.44. The molecule has 0 aliphatic carbocycles. The first-order valence-corrected chi connectivity index (χ1v) is 9.61. The van der Waals surface area contributed by atoms with Crippen LogP contribution in [0.4, 0.5) is 5.13 Å². The average Bonchev–Trinajstić information content (AvgIpc) is 3.05. The first-order chi connectivity index (χ1) is 11.4. The molecule has 1 N–H and O–H groups in total. The third kappa shape index (κ3) is 3.66. The number of hydrogen-bond donors (Lipinski definition) is 1. The van der Waals surface area contributed by atoms with Crippen LogP contribution < -0.4 is 10.2 Å². The number of amides is 1. The molecule has 0 atom stereocenters. The predicted molar refractivity (Wildman–Crippen MR) is 102 cm³/mol. The van der Waals surface area contributed by atoms with Crippen LogP contribution in [0.5, 0.6) is 0 Å². The number of anilines is 1. The van der Waals surface area contributed by atoms with Crippen LogP contribution in [0.1, 0.15) is 10.6 Å². The zero-order valence-corrected chi connectivity index (χ0v) is 16.2. The van der Waals surface area contributed by atoms with Crippen LogP contribution in [-0.2, 0) is 11.3 Å². The summed E-state index contributed by atoms with van der Waals surface area (Å²) in [5.74, 6) is -0.255. The van der Waals surface area contributed by atoms with Crippen LogP contribution in [0, 0.1) is 13.8 Å². The molecule has 0 aliphatic heterocycles. The monoisotopic (exact) mass is 423 g/mol. The molecule has 0 aliphatic rings. The normalized spacial score (nSPS) is 10.8. The molecular weight excluding hydrogens is 410 g/mol. The number of carbonyl (C=O) groups excluding carboxylic acids is 1. The lowest BCUT2D eigenvalue weighted by molar-refractivity contribution is -0.116. The third-order valence-corrected chi connectivity index (χ3v) is 5.73. The molecule has 24 heavy (non-hydrogen) atoms. The van der Waals surface area contributed by atoms with E-state index in [9.17, 15) is 9.59 Å². The number of nitrogens with zero attached hydrogens (tertiary/aromatic N) is 2. The van der Waals surface area contributed by atoms with E-state index < -0.39 is 0 Å². The largest absolute Gasteiger partial charge is 0.307 e. The quantitative estimate of drug-likeness (QED) is 0.687. The summed E-state index contributed by atoms with van der Waals surface area (Å²) >= 11 is 5.93. The minimum Gasteiger partial charge on any atom is -0.300 e. The smallest absolute Gasteiger partial charge is 0.300 e. The summed E-state index contributed by atoms with van der Waals surface area (Å²) in [6, 6.07) is 7.87. The highest BCUT2D eigenvalue weighted by atomic mass is 79.9. The van der Waals surface area contributed by atoms with E-state index in [1.165, 1.54) is 15.9 Å². The topological polar surface area (TPSA) is 64.0 Å². The molecular formula is C16H14BrN3O2S2. The SMILES string of the molecule is Cc1sc(NC(=O)Cn2c(C)csc2=O)nc1-c1ccc(Br)cc1. The van der Waals surface area contributed by atoms with Gasteiger partial charge in [0.1, 0.15) is 6.54 Å². The van der Waals surface area contributed by atoms with Gasteiger partial charge in [-0.3, -0.25) is 14.2 Å². The summed E-state index contributed by atoms with van der Waals surface area (Å²) in [5.41, 5.74) is 2.63. The molecule has 0 unspecified atom stereocenters. The van der Waals surface area contributed by atoms with Crippen molar-refractivity contribution in [2.75, 3.05) is 5.32 Å². The number of benzene rings is 1. The Kier molecular flexibility index (Phi) is 4.98. The molecule has 0 bridgehead atoms. The average molecular weight is 424 g/mol. The number of hydrogen-bond acceptors (Lipinski definition) is 5. The van der Waals surface area contributed by atoms with Crippen LogP contribution in [-0.4, -0.2) is 15.5 Å². The molecule has 3 rings (SSSR count). The van der Waals surface area contributed by atoms with Crippen molar-refractivity contribution >= 4 is 49.6 Å². The second-order valence-corrected chi connectivity index (χ2v) is 8.15. The van der Waals surface area contributed by atoms with Gasteiger partial charge in [-0.15, -0.1) is 11.3 Å². The van der Waals surface area contributed by atoms with E-state index in [1.54, 1.807) is 5.38 Å². The van der Waals surface area contributed by atoms with Gasteiger partial charge in [0.05, 0.1) is 5.69 Å². The zero-order chi connectivity index (χ0) is 17.3. The summed E-state index contributed by atoms with van der Waals surface area (Å²) < 4.78 is 2.46. The number of aromatic nitrogens is 2.